The standard InChI is InChI=1S/C14H15N5O2/c1-10(11-5-6-15-9-16-11)19(2)8-13-17-14(21-18-13)12-4-3-7-20-12/h3-7,9-10H,8H2,1-2H3/t10-/m0/s1. The lowest BCUT2D eigenvalue weighted by molar-refractivity contribution is 0.238. The average molecular weight is 285 g/mol. The summed E-state index contributed by atoms with van der Waals surface area (Å²) in [6.07, 6.45) is 4.85. The van der Waals surface area contributed by atoms with E-state index < -0.39 is 0 Å². The summed E-state index contributed by atoms with van der Waals surface area (Å²) in [4.78, 5) is 14.6. The van der Waals surface area contributed by atoms with E-state index in [9.17, 15) is 0 Å². The third-order valence-corrected chi connectivity index (χ3v) is 3.28. The van der Waals surface area contributed by atoms with E-state index in [1.807, 2.05) is 13.1 Å². The van der Waals surface area contributed by atoms with Gasteiger partial charge in [-0.2, -0.15) is 4.98 Å². The summed E-state index contributed by atoms with van der Waals surface area (Å²) in [5, 5.41) is 3.97. The van der Waals surface area contributed by atoms with E-state index in [1.54, 1.807) is 30.9 Å². The second-order valence-electron chi connectivity index (χ2n) is 4.72. The van der Waals surface area contributed by atoms with Crippen molar-refractivity contribution in [3.63, 3.8) is 0 Å². The highest BCUT2D eigenvalue weighted by molar-refractivity contribution is 5.42. The van der Waals surface area contributed by atoms with Gasteiger partial charge in [-0.25, -0.2) is 9.97 Å². The highest BCUT2D eigenvalue weighted by atomic mass is 16.5. The topological polar surface area (TPSA) is 81.1 Å². The van der Waals surface area contributed by atoms with Crippen LogP contribution < -0.4 is 0 Å². The summed E-state index contributed by atoms with van der Waals surface area (Å²) in [6.45, 7) is 2.62. The quantitative estimate of drug-likeness (QED) is 0.711. The zero-order valence-corrected chi connectivity index (χ0v) is 11.8. The number of aromatic nitrogens is 4. The average Bonchev–Trinajstić information content (AvgIpc) is 3.18. The summed E-state index contributed by atoms with van der Waals surface area (Å²) >= 11 is 0. The van der Waals surface area contributed by atoms with Gasteiger partial charge in [-0.15, -0.1) is 0 Å². The molecule has 7 nitrogen and oxygen atoms in total. The molecule has 3 rings (SSSR count). The third-order valence-electron chi connectivity index (χ3n) is 3.28. The first-order valence-electron chi connectivity index (χ1n) is 6.56. The van der Waals surface area contributed by atoms with Gasteiger partial charge in [-0.05, 0) is 32.2 Å². The third kappa shape index (κ3) is 2.97. The van der Waals surface area contributed by atoms with Gasteiger partial charge in [0.15, 0.2) is 11.6 Å². The lowest BCUT2D eigenvalue weighted by Gasteiger charge is -2.22. The zero-order chi connectivity index (χ0) is 14.7. The molecule has 0 unspecified atom stereocenters. The van der Waals surface area contributed by atoms with Gasteiger partial charge in [0.05, 0.1) is 18.5 Å². The largest absolute Gasteiger partial charge is 0.459 e. The second kappa shape index (κ2) is 5.84. The van der Waals surface area contributed by atoms with E-state index >= 15 is 0 Å². The molecule has 3 aromatic rings. The Balaban J connectivity index is 1.69. The van der Waals surface area contributed by atoms with E-state index in [1.165, 1.54) is 0 Å². The Morgan fingerprint density at radius 2 is 2.24 bits per heavy atom. The highest BCUT2D eigenvalue weighted by Gasteiger charge is 2.17. The molecule has 0 aliphatic carbocycles. The Hall–Kier alpha value is -2.54. The number of nitrogens with zero attached hydrogens (tertiary/aromatic N) is 5. The Labute approximate surface area is 121 Å². The van der Waals surface area contributed by atoms with Crippen LogP contribution in [0.3, 0.4) is 0 Å². The molecule has 1 atom stereocenters. The molecule has 0 bridgehead atoms. The molecule has 0 aromatic carbocycles. The number of hydrogen-bond acceptors (Lipinski definition) is 7. The van der Waals surface area contributed by atoms with Crippen molar-refractivity contribution in [1.82, 2.24) is 25.0 Å². The van der Waals surface area contributed by atoms with Gasteiger partial charge >= 0.3 is 0 Å². The summed E-state index contributed by atoms with van der Waals surface area (Å²) in [5.41, 5.74) is 0.947. The van der Waals surface area contributed by atoms with E-state index in [0.29, 0.717) is 24.0 Å². The molecule has 7 heteroatoms. The van der Waals surface area contributed by atoms with Crippen molar-refractivity contribution in [3.05, 3.63) is 48.5 Å². The minimum atomic E-state index is 0.124. The Morgan fingerprint density at radius 1 is 1.33 bits per heavy atom. The SMILES string of the molecule is C[C@@H](c1ccncn1)N(C)Cc1noc(-c2ccco2)n1. The van der Waals surface area contributed by atoms with E-state index in [4.69, 9.17) is 8.94 Å². The van der Waals surface area contributed by atoms with Gasteiger partial charge in [0, 0.05) is 12.2 Å². The van der Waals surface area contributed by atoms with Crippen LogP contribution >= 0.6 is 0 Å². The first-order chi connectivity index (χ1) is 10.2. The first-order valence-corrected chi connectivity index (χ1v) is 6.56. The van der Waals surface area contributed by atoms with E-state index in [-0.39, 0.29) is 6.04 Å². The van der Waals surface area contributed by atoms with Gasteiger partial charge in [0.25, 0.3) is 5.89 Å². The molecule has 0 aliphatic heterocycles. The monoisotopic (exact) mass is 285 g/mol. The molecule has 0 saturated carbocycles. The molecule has 0 amide bonds. The minimum Gasteiger partial charge on any atom is -0.459 e. The van der Waals surface area contributed by atoms with Crippen LogP contribution in [-0.2, 0) is 6.54 Å². The van der Waals surface area contributed by atoms with E-state index in [2.05, 4.69) is 31.9 Å². The maximum atomic E-state index is 5.23. The number of hydrogen-bond donors (Lipinski definition) is 0. The fourth-order valence-electron chi connectivity index (χ4n) is 1.95. The number of rotatable bonds is 5. The van der Waals surface area contributed by atoms with Gasteiger partial charge in [0.2, 0.25) is 0 Å². The van der Waals surface area contributed by atoms with Crippen molar-refractivity contribution in [2.24, 2.45) is 0 Å². The molecule has 21 heavy (non-hydrogen) atoms. The molecule has 0 saturated heterocycles. The van der Waals surface area contributed by atoms with Gasteiger partial charge < -0.3 is 8.94 Å². The van der Waals surface area contributed by atoms with Crippen molar-refractivity contribution in [2.45, 2.75) is 19.5 Å². The fourth-order valence-corrected chi connectivity index (χ4v) is 1.95. The van der Waals surface area contributed by atoms with Crippen LogP contribution in [0.15, 0.2) is 45.9 Å². The van der Waals surface area contributed by atoms with Crippen LogP contribution in [0.4, 0.5) is 0 Å². The smallest absolute Gasteiger partial charge is 0.293 e. The normalized spacial score (nSPS) is 12.7. The summed E-state index contributed by atoms with van der Waals surface area (Å²) in [5.74, 6) is 1.56. The van der Waals surface area contributed by atoms with Gasteiger partial charge in [-0.1, -0.05) is 5.16 Å². The molecule has 0 fully saturated rings. The summed E-state index contributed by atoms with van der Waals surface area (Å²) in [7, 11) is 1.98. The zero-order valence-electron chi connectivity index (χ0n) is 11.8. The predicted octanol–water partition coefficient (Wildman–Crippen LogP) is 2.31. The van der Waals surface area contributed by atoms with Gasteiger partial charge in [-0.3, -0.25) is 4.90 Å². The lowest BCUT2D eigenvalue weighted by Crippen LogP contribution is -2.23. The van der Waals surface area contributed by atoms with Crippen LogP contribution in [0.5, 0.6) is 0 Å². The molecule has 0 aliphatic rings. The fraction of sp³-hybridized carbons (Fsp3) is 0.286. The molecular formula is C14H15N5O2. The Morgan fingerprint density at radius 3 is 2.95 bits per heavy atom. The van der Waals surface area contributed by atoms with Crippen LogP contribution in [-0.4, -0.2) is 32.1 Å². The summed E-state index contributed by atoms with van der Waals surface area (Å²) in [6, 6.07) is 5.58. The predicted molar refractivity (Wildman–Crippen MR) is 73.9 cm³/mol. The molecule has 0 N–H and O–H groups in total. The van der Waals surface area contributed by atoms with Crippen molar-refractivity contribution < 1.29 is 8.94 Å². The molecular weight excluding hydrogens is 270 g/mol. The molecule has 0 spiro atoms. The second-order valence-corrected chi connectivity index (χ2v) is 4.72. The van der Waals surface area contributed by atoms with Crippen molar-refractivity contribution >= 4 is 0 Å². The van der Waals surface area contributed by atoms with Crippen molar-refractivity contribution in [3.8, 4) is 11.7 Å². The lowest BCUT2D eigenvalue weighted by atomic mass is 10.2. The molecule has 108 valence electrons. The highest BCUT2D eigenvalue weighted by Crippen LogP contribution is 2.20. The Bertz CT molecular complexity index is 680. The maximum Gasteiger partial charge on any atom is 0.293 e. The number of furan rings is 1. The molecule has 3 heterocycles. The van der Waals surface area contributed by atoms with Crippen LogP contribution in [0.1, 0.15) is 24.5 Å². The molecule has 3 aromatic heterocycles. The van der Waals surface area contributed by atoms with E-state index in [0.717, 1.165) is 5.69 Å². The first kappa shape index (κ1) is 13.4. The van der Waals surface area contributed by atoms with Crippen molar-refractivity contribution in [1.29, 1.82) is 0 Å². The van der Waals surface area contributed by atoms with Gasteiger partial charge in [0.1, 0.15) is 6.33 Å². The summed E-state index contributed by atoms with van der Waals surface area (Å²) < 4.78 is 10.4. The van der Waals surface area contributed by atoms with Crippen LogP contribution in [0.2, 0.25) is 0 Å². The van der Waals surface area contributed by atoms with Crippen molar-refractivity contribution in [2.75, 3.05) is 7.05 Å². The maximum absolute atomic E-state index is 5.23. The Kier molecular flexibility index (Phi) is 3.74. The van der Waals surface area contributed by atoms with Crippen LogP contribution in [0, 0.1) is 0 Å². The molecule has 0 radical (unpaired) electrons. The van der Waals surface area contributed by atoms with Crippen LogP contribution in [0.25, 0.3) is 11.7 Å². The minimum absolute atomic E-state index is 0.124.